The van der Waals surface area contributed by atoms with Crippen LogP contribution in [0.2, 0.25) is 0 Å². The molecule has 0 unspecified atom stereocenters. The van der Waals surface area contributed by atoms with Gasteiger partial charge < -0.3 is 25.9 Å². The van der Waals surface area contributed by atoms with Crippen LogP contribution in [0, 0.1) is 0 Å². The lowest BCUT2D eigenvalue weighted by Crippen LogP contribution is -2.73. The molecule has 10 nitrogen and oxygen atoms in total. The Labute approximate surface area is 149 Å². The third kappa shape index (κ3) is 3.05. The Kier molecular flexibility index (Phi) is 4.63. The molecule has 1 aromatic rings. The lowest BCUT2D eigenvalue weighted by Gasteiger charge is -2.49. The summed E-state index contributed by atoms with van der Waals surface area (Å²) < 4.78 is 0. The largest absolute Gasteiger partial charge is 0.479 e. The number of rotatable bonds is 5. The van der Waals surface area contributed by atoms with Crippen LogP contribution in [0.1, 0.15) is 5.69 Å². The van der Waals surface area contributed by atoms with E-state index in [-0.39, 0.29) is 16.5 Å². The number of hydrogen-bond acceptors (Lipinski definition) is 9. The van der Waals surface area contributed by atoms with Crippen LogP contribution in [-0.4, -0.2) is 63.1 Å². The Morgan fingerprint density at radius 1 is 1.52 bits per heavy atom. The Balaban J connectivity index is 1.75. The van der Waals surface area contributed by atoms with E-state index < -0.39 is 35.2 Å². The van der Waals surface area contributed by atoms with Gasteiger partial charge in [-0.3, -0.25) is 9.59 Å². The summed E-state index contributed by atoms with van der Waals surface area (Å²) in [6.45, 7) is 0. The molecule has 4 N–H and O–H groups in total. The Hall–Kier alpha value is -2.60. The number of hydrogen-bond donors (Lipinski definition) is 3. The van der Waals surface area contributed by atoms with Crippen molar-refractivity contribution >= 4 is 51.7 Å². The van der Waals surface area contributed by atoms with E-state index in [9.17, 15) is 14.4 Å². The van der Waals surface area contributed by atoms with Gasteiger partial charge in [0.1, 0.15) is 30.3 Å². The fourth-order valence-electron chi connectivity index (χ4n) is 2.46. The van der Waals surface area contributed by atoms with E-state index in [2.05, 4.69) is 20.3 Å². The van der Waals surface area contributed by atoms with Crippen LogP contribution in [0.5, 0.6) is 0 Å². The normalized spacial score (nSPS) is 25.2. The molecule has 1 aromatic heterocycles. The highest BCUT2D eigenvalue weighted by atomic mass is 32.2. The van der Waals surface area contributed by atoms with Crippen LogP contribution in [0.15, 0.2) is 22.0 Å². The summed E-state index contributed by atoms with van der Waals surface area (Å²) >= 11 is 2.39. The number of thioether (sulfide) groups is 1. The van der Waals surface area contributed by atoms with Crippen molar-refractivity contribution in [2.24, 2.45) is 5.16 Å². The minimum atomic E-state index is -1.13. The van der Waals surface area contributed by atoms with Gasteiger partial charge in [-0.2, -0.15) is 0 Å². The highest BCUT2D eigenvalue weighted by Gasteiger charge is 2.54. The molecule has 3 atom stereocenters. The number of thiazole rings is 1. The van der Waals surface area contributed by atoms with E-state index in [0.29, 0.717) is 0 Å². The van der Waals surface area contributed by atoms with Crippen LogP contribution < -0.4 is 11.1 Å². The SMILES string of the molecule is CO/N=C(/C(=O)N[C@@H]1C(=O)N2[C@@H](C(=O)O)C=CS[C@H]12)c1csc(N)n1. The van der Waals surface area contributed by atoms with Crippen molar-refractivity contribution in [3.05, 3.63) is 22.6 Å². The summed E-state index contributed by atoms with van der Waals surface area (Å²) in [7, 11) is 1.28. The topological polar surface area (TPSA) is 147 Å². The molecule has 0 aliphatic carbocycles. The predicted molar refractivity (Wildman–Crippen MR) is 90.8 cm³/mol. The number of nitrogens with two attached hydrogens (primary N) is 1. The van der Waals surface area contributed by atoms with Gasteiger partial charge in [0.15, 0.2) is 10.8 Å². The molecular formula is C13H13N5O5S2. The van der Waals surface area contributed by atoms with Crippen LogP contribution in [-0.2, 0) is 19.2 Å². The number of carboxylic acids is 1. The Morgan fingerprint density at radius 3 is 2.88 bits per heavy atom. The van der Waals surface area contributed by atoms with Crippen molar-refractivity contribution in [3.8, 4) is 0 Å². The first kappa shape index (κ1) is 17.2. The third-order valence-electron chi connectivity index (χ3n) is 3.56. The highest BCUT2D eigenvalue weighted by molar-refractivity contribution is 8.02. The third-order valence-corrected chi connectivity index (χ3v) is 5.33. The number of fused-ring (bicyclic) bond motifs is 1. The molecule has 0 aromatic carbocycles. The number of nitrogens with zero attached hydrogens (tertiary/aromatic N) is 3. The van der Waals surface area contributed by atoms with Crippen LogP contribution >= 0.6 is 23.1 Å². The summed E-state index contributed by atoms with van der Waals surface area (Å²) in [5.41, 5.74) is 5.67. The molecule has 3 heterocycles. The van der Waals surface area contributed by atoms with Gasteiger partial charge in [-0.05, 0) is 11.5 Å². The smallest absolute Gasteiger partial charge is 0.330 e. The summed E-state index contributed by atoms with van der Waals surface area (Å²) in [5, 5.41) is 18.3. The van der Waals surface area contributed by atoms with E-state index in [1.54, 1.807) is 10.8 Å². The van der Waals surface area contributed by atoms with Gasteiger partial charge in [0.2, 0.25) is 5.91 Å². The average molecular weight is 383 g/mol. The van der Waals surface area contributed by atoms with Gasteiger partial charge in [-0.25, -0.2) is 9.78 Å². The molecule has 0 spiro atoms. The van der Waals surface area contributed by atoms with Crippen molar-refractivity contribution in [1.82, 2.24) is 15.2 Å². The second-order valence-electron chi connectivity index (χ2n) is 5.03. The maximum absolute atomic E-state index is 12.5. The molecule has 2 aliphatic rings. The molecule has 2 aliphatic heterocycles. The van der Waals surface area contributed by atoms with Gasteiger partial charge in [0, 0.05) is 5.38 Å². The average Bonchev–Trinajstić information content (AvgIpc) is 3.02. The highest BCUT2D eigenvalue weighted by Crippen LogP contribution is 2.37. The van der Waals surface area contributed by atoms with Gasteiger partial charge in [-0.1, -0.05) is 5.16 Å². The molecule has 1 saturated heterocycles. The maximum Gasteiger partial charge on any atom is 0.330 e. The predicted octanol–water partition coefficient (Wildman–Crippen LogP) is -0.557. The summed E-state index contributed by atoms with van der Waals surface area (Å²) in [4.78, 5) is 45.8. The van der Waals surface area contributed by atoms with E-state index >= 15 is 0 Å². The number of carbonyl (C=O) groups is 3. The number of carboxylic acid groups (broad SMARTS) is 1. The van der Waals surface area contributed by atoms with Crippen LogP contribution in [0.25, 0.3) is 0 Å². The molecule has 12 heteroatoms. The quantitative estimate of drug-likeness (QED) is 0.348. The number of anilines is 1. The van der Waals surface area contributed by atoms with Gasteiger partial charge in [0.05, 0.1) is 0 Å². The summed E-state index contributed by atoms with van der Waals surface area (Å²) in [6, 6.07) is -1.89. The number of aromatic nitrogens is 1. The molecule has 1 fully saturated rings. The second kappa shape index (κ2) is 6.72. The zero-order chi connectivity index (χ0) is 18.1. The summed E-state index contributed by atoms with van der Waals surface area (Å²) in [6.07, 6.45) is 1.43. The second-order valence-corrected chi connectivity index (χ2v) is 6.95. The monoisotopic (exact) mass is 383 g/mol. The van der Waals surface area contributed by atoms with Crippen LogP contribution in [0.3, 0.4) is 0 Å². The minimum Gasteiger partial charge on any atom is -0.479 e. The number of oxime groups is 1. The molecule has 25 heavy (non-hydrogen) atoms. The fourth-order valence-corrected chi connectivity index (χ4v) is 4.11. The van der Waals surface area contributed by atoms with E-state index in [1.807, 2.05) is 0 Å². The number of nitrogens with one attached hydrogen (secondary N) is 1. The number of nitrogen functional groups attached to an aromatic ring is 1. The van der Waals surface area contributed by atoms with Crippen molar-refractivity contribution in [2.75, 3.05) is 12.8 Å². The zero-order valence-corrected chi connectivity index (χ0v) is 14.4. The van der Waals surface area contributed by atoms with Gasteiger partial charge >= 0.3 is 5.97 Å². The molecule has 0 bridgehead atoms. The number of β-lactam (4-membered cyclic amide) rings is 1. The molecule has 0 saturated carbocycles. The molecule has 2 amide bonds. The Morgan fingerprint density at radius 2 is 2.28 bits per heavy atom. The Bertz CT molecular complexity index is 792. The lowest BCUT2D eigenvalue weighted by molar-refractivity contribution is -0.159. The van der Waals surface area contributed by atoms with Gasteiger partial charge in [0.25, 0.3) is 5.91 Å². The molecular weight excluding hydrogens is 370 g/mol. The first-order chi connectivity index (χ1) is 11.9. The van der Waals surface area contributed by atoms with E-state index in [4.69, 9.17) is 10.8 Å². The van der Waals surface area contributed by atoms with Gasteiger partial charge in [-0.15, -0.1) is 23.1 Å². The number of amides is 2. The van der Waals surface area contributed by atoms with E-state index in [0.717, 1.165) is 11.3 Å². The van der Waals surface area contributed by atoms with Crippen molar-refractivity contribution in [2.45, 2.75) is 17.5 Å². The number of carbonyl (C=O) groups excluding carboxylic acids is 2. The lowest BCUT2D eigenvalue weighted by atomic mass is 10.0. The fraction of sp³-hybridized carbons (Fsp3) is 0.308. The molecule has 132 valence electrons. The van der Waals surface area contributed by atoms with Crippen LogP contribution in [0.4, 0.5) is 5.13 Å². The summed E-state index contributed by atoms with van der Waals surface area (Å²) in [5.74, 6) is -2.26. The first-order valence-electron chi connectivity index (χ1n) is 6.94. The van der Waals surface area contributed by atoms with Crippen molar-refractivity contribution in [3.63, 3.8) is 0 Å². The van der Waals surface area contributed by atoms with Crippen molar-refractivity contribution < 1.29 is 24.3 Å². The first-order valence-corrected chi connectivity index (χ1v) is 8.76. The molecule has 0 radical (unpaired) electrons. The zero-order valence-electron chi connectivity index (χ0n) is 12.8. The minimum absolute atomic E-state index is 0.118. The standard InChI is InChI=1S/C13H13N5O5S2/c1-23-17-7(5-4-25-13(14)15-5)9(19)16-8-10(20)18-6(12(21)22)2-3-24-11(8)18/h2-4,6,8,11H,1H3,(H2,14,15)(H,16,19)(H,21,22)/b17-7+/t6-,8-,11-/m1/s1. The maximum atomic E-state index is 12.5. The van der Waals surface area contributed by atoms with Crippen molar-refractivity contribution in [1.29, 1.82) is 0 Å². The van der Waals surface area contributed by atoms with E-state index in [1.165, 1.54) is 29.8 Å². The number of aliphatic carboxylic acids is 1. The molecule has 3 rings (SSSR count).